The van der Waals surface area contributed by atoms with E-state index in [4.69, 9.17) is 0 Å². The molecule has 4 nitrogen and oxygen atoms in total. The van der Waals surface area contributed by atoms with Gasteiger partial charge in [0.25, 0.3) is 5.91 Å². The zero-order chi connectivity index (χ0) is 16.9. The van der Waals surface area contributed by atoms with Gasteiger partial charge in [-0.05, 0) is 42.0 Å². The van der Waals surface area contributed by atoms with Gasteiger partial charge in [0, 0.05) is 25.6 Å². The van der Waals surface area contributed by atoms with E-state index in [0.29, 0.717) is 32.5 Å². The predicted octanol–water partition coefficient (Wildman–Crippen LogP) is 3.06. The average Bonchev–Trinajstić information content (AvgIpc) is 3.14. The van der Waals surface area contributed by atoms with Gasteiger partial charge in [0.1, 0.15) is 5.82 Å². The quantitative estimate of drug-likeness (QED) is 0.925. The second-order valence-electron chi connectivity index (χ2n) is 5.89. The highest BCUT2D eigenvalue weighted by Crippen LogP contribution is 2.21. The van der Waals surface area contributed by atoms with Crippen LogP contribution in [0.4, 0.5) is 4.39 Å². The number of amides is 2. The van der Waals surface area contributed by atoms with Crippen molar-refractivity contribution in [2.24, 2.45) is 5.92 Å². The third-order valence-electron chi connectivity index (χ3n) is 4.24. The Bertz CT molecular complexity index is 710. The lowest BCUT2D eigenvalue weighted by Crippen LogP contribution is -2.42. The van der Waals surface area contributed by atoms with E-state index in [9.17, 15) is 14.0 Å². The zero-order valence-corrected chi connectivity index (χ0v) is 14.0. The van der Waals surface area contributed by atoms with Crippen LogP contribution in [0.1, 0.15) is 28.1 Å². The Hall–Kier alpha value is -2.21. The Morgan fingerprint density at radius 1 is 1.21 bits per heavy atom. The fourth-order valence-corrected chi connectivity index (χ4v) is 3.57. The van der Waals surface area contributed by atoms with Crippen molar-refractivity contribution in [1.82, 2.24) is 10.2 Å². The first-order valence-electron chi connectivity index (χ1n) is 7.98. The maximum Gasteiger partial charge on any atom is 0.263 e. The molecule has 126 valence electrons. The summed E-state index contributed by atoms with van der Waals surface area (Å²) in [6.07, 6.45) is 1.32. The summed E-state index contributed by atoms with van der Waals surface area (Å²) in [6, 6.07) is 9.90. The van der Waals surface area contributed by atoms with Crippen molar-refractivity contribution in [3.8, 4) is 0 Å². The number of benzene rings is 1. The van der Waals surface area contributed by atoms with Crippen molar-refractivity contribution < 1.29 is 14.0 Å². The topological polar surface area (TPSA) is 49.4 Å². The van der Waals surface area contributed by atoms with Crippen molar-refractivity contribution in [1.29, 1.82) is 0 Å². The zero-order valence-electron chi connectivity index (χ0n) is 13.2. The number of nitrogens with zero attached hydrogens (tertiary/aromatic N) is 1. The first-order chi connectivity index (χ1) is 11.6. The van der Waals surface area contributed by atoms with E-state index < -0.39 is 0 Å². The van der Waals surface area contributed by atoms with Gasteiger partial charge in [-0.1, -0.05) is 18.2 Å². The van der Waals surface area contributed by atoms with Crippen molar-refractivity contribution in [2.75, 3.05) is 13.1 Å². The molecular weight excluding hydrogens is 327 g/mol. The summed E-state index contributed by atoms with van der Waals surface area (Å²) in [5.74, 6) is -0.376. The molecule has 1 aromatic carbocycles. The normalized spacial score (nSPS) is 15.3. The molecule has 1 saturated heterocycles. The number of halogens is 1. The van der Waals surface area contributed by atoms with E-state index in [2.05, 4.69) is 5.32 Å². The van der Waals surface area contributed by atoms with E-state index in [1.54, 1.807) is 12.1 Å². The van der Waals surface area contributed by atoms with Crippen LogP contribution < -0.4 is 5.32 Å². The molecule has 1 aliphatic rings. The number of hydrogen-bond acceptors (Lipinski definition) is 3. The molecule has 2 aromatic rings. The highest BCUT2D eigenvalue weighted by Gasteiger charge is 2.27. The number of hydrogen-bond donors (Lipinski definition) is 1. The van der Waals surface area contributed by atoms with Gasteiger partial charge in [-0.3, -0.25) is 9.59 Å². The van der Waals surface area contributed by atoms with Crippen LogP contribution in [0.3, 0.4) is 0 Å². The second kappa shape index (κ2) is 7.57. The average molecular weight is 346 g/mol. The Morgan fingerprint density at radius 3 is 2.67 bits per heavy atom. The minimum Gasteiger partial charge on any atom is -0.352 e. The molecule has 1 aliphatic heterocycles. The van der Waals surface area contributed by atoms with Gasteiger partial charge in [0.15, 0.2) is 0 Å². The van der Waals surface area contributed by atoms with Gasteiger partial charge in [-0.15, -0.1) is 11.3 Å². The lowest BCUT2D eigenvalue weighted by atomic mass is 9.95. The summed E-state index contributed by atoms with van der Waals surface area (Å²) >= 11 is 1.44. The smallest absolute Gasteiger partial charge is 0.263 e. The van der Waals surface area contributed by atoms with Gasteiger partial charge in [0.05, 0.1) is 4.88 Å². The Labute approximate surface area is 144 Å². The summed E-state index contributed by atoms with van der Waals surface area (Å²) in [5.41, 5.74) is 0.744. The van der Waals surface area contributed by atoms with E-state index >= 15 is 0 Å². The van der Waals surface area contributed by atoms with E-state index in [0.717, 1.165) is 10.4 Å². The Balaban J connectivity index is 1.47. The maximum absolute atomic E-state index is 13.1. The third kappa shape index (κ3) is 4.00. The number of nitrogens with one attached hydrogen (secondary N) is 1. The maximum atomic E-state index is 13.1. The number of piperidine rings is 1. The van der Waals surface area contributed by atoms with Crippen LogP contribution in [-0.2, 0) is 11.3 Å². The molecule has 6 heteroatoms. The molecule has 0 atom stereocenters. The van der Waals surface area contributed by atoms with Crippen LogP contribution in [0.15, 0.2) is 41.8 Å². The first kappa shape index (κ1) is 16.6. The summed E-state index contributed by atoms with van der Waals surface area (Å²) < 4.78 is 13.1. The van der Waals surface area contributed by atoms with Crippen LogP contribution in [0.2, 0.25) is 0 Å². The van der Waals surface area contributed by atoms with Gasteiger partial charge in [0.2, 0.25) is 5.91 Å². The fraction of sp³-hybridized carbons (Fsp3) is 0.333. The lowest BCUT2D eigenvalue weighted by Gasteiger charge is -2.31. The molecule has 0 radical (unpaired) electrons. The van der Waals surface area contributed by atoms with E-state index in [1.165, 1.54) is 23.5 Å². The van der Waals surface area contributed by atoms with Crippen LogP contribution in [-0.4, -0.2) is 29.8 Å². The van der Waals surface area contributed by atoms with Crippen molar-refractivity contribution >= 4 is 23.2 Å². The fourth-order valence-electron chi connectivity index (χ4n) is 2.88. The number of carbonyl (C=O) groups is 2. The molecule has 3 rings (SSSR count). The molecule has 0 bridgehead atoms. The SMILES string of the molecule is O=C(NCc1cccc(F)c1)C1CCN(C(=O)c2cccs2)CC1. The Kier molecular flexibility index (Phi) is 5.25. The van der Waals surface area contributed by atoms with Crippen LogP contribution in [0, 0.1) is 11.7 Å². The highest BCUT2D eigenvalue weighted by molar-refractivity contribution is 7.12. The molecule has 0 spiro atoms. The summed E-state index contributed by atoms with van der Waals surface area (Å²) in [5, 5.41) is 4.75. The first-order valence-corrected chi connectivity index (χ1v) is 8.86. The second-order valence-corrected chi connectivity index (χ2v) is 6.84. The molecule has 1 aromatic heterocycles. The largest absolute Gasteiger partial charge is 0.352 e. The minimum atomic E-state index is -0.304. The lowest BCUT2D eigenvalue weighted by molar-refractivity contribution is -0.126. The molecular formula is C18H19FN2O2S. The minimum absolute atomic E-state index is 0.0255. The molecule has 0 saturated carbocycles. The predicted molar refractivity (Wildman–Crippen MR) is 91.2 cm³/mol. The van der Waals surface area contributed by atoms with Gasteiger partial charge in [-0.25, -0.2) is 4.39 Å². The monoisotopic (exact) mass is 346 g/mol. The van der Waals surface area contributed by atoms with E-state index in [1.807, 2.05) is 22.4 Å². The molecule has 2 heterocycles. The highest BCUT2D eigenvalue weighted by atomic mass is 32.1. The molecule has 24 heavy (non-hydrogen) atoms. The van der Waals surface area contributed by atoms with Crippen LogP contribution in [0.25, 0.3) is 0 Å². The Morgan fingerprint density at radius 2 is 2.00 bits per heavy atom. The summed E-state index contributed by atoms with van der Waals surface area (Å²) in [7, 11) is 0. The van der Waals surface area contributed by atoms with Gasteiger partial charge in [-0.2, -0.15) is 0 Å². The summed E-state index contributed by atoms with van der Waals surface area (Å²) in [4.78, 5) is 27.1. The van der Waals surface area contributed by atoms with Crippen LogP contribution >= 0.6 is 11.3 Å². The third-order valence-corrected chi connectivity index (χ3v) is 5.10. The van der Waals surface area contributed by atoms with Gasteiger partial charge >= 0.3 is 0 Å². The molecule has 1 fully saturated rings. The molecule has 2 amide bonds. The molecule has 0 unspecified atom stereocenters. The van der Waals surface area contributed by atoms with Crippen LogP contribution in [0.5, 0.6) is 0 Å². The van der Waals surface area contributed by atoms with Crippen molar-refractivity contribution in [3.05, 3.63) is 58.0 Å². The number of carbonyl (C=O) groups excluding carboxylic acids is 2. The van der Waals surface area contributed by atoms with Gasteiger partial charge < -0.3 is 10.2 Å². The number of likely N-dealkylation sites (tertiary alicyclic amines) is 1. The van der Waals surface area contributed by atoms with Crippen molar-refractivity contribution in [3.63, 3.8) is 0 Å². The van der Waals surface area contributed by atoms with E-state index in [-0.39, 0.29) is 23.5 Å². The molecule has 0 aliphatic carbocycles. The number of rotatable bonds is 4. The van der Waals surface area contributed by atoms with Crippen molar-refractivity contribution in [2.45, 2.75) is 19.4 Å². The standard InChI is InChI=1S/C18H19FN2O2S/c19-15-4-1-3-13(11-15)12-20-17(22)14-6-8-21(9-7-14)18(23)16-5-2-10-24-16/h1-5,10-11,14H,6-9,12H2,(H,20,22). The summed E-state index contributed by atoms with van der Waals surface area (Å²) in [6.45, 7) is 1.51. The molecule has 1 N–H and O–H groups in total. The number of thiophene rings is 1.